The normalized spacial score (nSPS) is 25.5. The Labute approximate surface area is 147 Å². The van der Waals surface area contributed by atoms with E-state index in [9.17, 15) is 0 Å². The van der Waals surface area contributed by atoms with Crippen LogP contribution in [0.25, 0.3) is 0 Å². The molecule has 0 bridgehead atoms. The molecule has 1 aromatic heterocycles. The van der Waals surface area contributed by atoms with Crippen LogP contribution in [-0.4, -0.2) is 40.9 Å². The van der Waals surface area contributed by atoms with Gasteiger partial charge >= 0.3 is 0 Å². The quantitative estimate of drug-likeness (QED) is 0.853. The highest BCUT2D eigenvalue weighted by Crippen LogP contribution is 2.47. The molecule has 24 heavy (non-hydrogen) atoms. The first-order valence-electron chi connectivity index (χ1n) is 8.33. The molecular weight excluding hydrogens is 316 g/mol. The molecule has 3 atom stereocenters. The number of hydrogen-bond acceptors (Lipinski definition) is 5. The Balaban J connectivity index is 1.72. The molecule has 5 heteroatoms. The zero-order valence-electron chi connectivity index (χ0n) is 14.3. The van der Waals surface area contributed by atoms with E-state index in [0.29, 0.717) is 5.25 Å². The van der Waals surface area contributed by atoms with Crippen LogP contribution in [0.1, 0.15) is 30.3 Å². The molecule has 0 N–H and O–H groups in total. The summed E-state index contributed by atoms with van der Waals surface area (Å²) in [7, 11) is 4.14. The number of fused-ring (bicyclic) bond motifs is 1. The zero-order valence-corrected chi connectivity index (χ0v) is 15.1. The molecule has 2 aliphatic heterocycles. The van der Waals surface area contributed by atoms with E-state index in [4.69, 9.17) is 4.99 Å². The number of amidine groups is 1. The molecule has 0 saturated carbocycles. The van der Waals surface area contributed by atoms with Gasteiger partial charge in [0.1, 0.15) is 6.04 Å². The number of hydrogen-bond donors (Lipinski definition) is 0. The third-order valence-corrected chi connectivity index (χ3v) is 5.73. The summed E-state index contributed by atoms with van der Waals surface area (Å²) in [4.78, 5) is 14.2. The van der Waals surface area contributed by atoms with E-state index in [1.807, 2.05) is 30.1 Å². The van der Waals surface area contributed by atoms with Gasteiger partial charge in [0.15, 0.2) is 5.17 Å². The largest absolute Gasteiger partial charge is 0.378 e. The van der Waals surface area contributed by atoms with Gasteiger partial charge in [0.2, 0.25) is 0 Å². The number of nitrogens with zero attached hydrogens (tertiary/aromatic N) is 4. The van der Waals surface area contributed by atoms with Crippen molar-refractivity contribution in [1.29, 1.82) is 0 Å². The van der Waals surface area contributed by atoms with Crippen LogP contribution in [0.5, 0.6) is 0 Å². The van der Waals surface area contributed by atoms with Crippen molar-refractivity contribution in [2.24, 2.45) is 4.99 Å². The summed E-state index contributed by atoms with van der Waals surface area (Å²) in [5, 5.41) is 1.76. The predicted octanol–water partition coefficient (Wildman–Crippen LogP) is 3.74. The summed E-state index contributed by atoms with van der Waals surface area (Å²) in [5.41, 5.74) is 3.58. The van der Waals surface area contributed by atoms with Gasteiger partial charge in [0.25, 0.3) is 0 Å². The van der Waals surface area contributed by atoms with Gasteiger partial charge in [0.05, 0.1) is 11.7 Å². The molecule has 3 heterocycles. The van der Waals surface area contributed by atoms with E-state index >= 15 is 0 Å². The number of thioether (sulfide) groups is 1. The highest BCUT2D eigenvalue weighted by Gasteiger charge is 2.43. The van der Waals surface area contributed by atoms with Crippen LogP contribution >= 0.6 is 11.8 Å². The molecule has 0 aliphatic carbocycles. The lowest BCUT2D eigenvalue weighted by Gasteiger charge is -2.27. The predicted molar refractivity (Wildman–Crippen MR) is 102 cm³/mol. The zero-order chi connectivity index (χ0) is 16.7. The van der Waals surface area contributed by atoms with Crippen molar-refractivity contribution in [1.82, 2.24) is 9.88 Å². The molecule has 0 unspecified atom stereocenters. The van der Waals surface area contributed by atoms with Gasteiger partial charge in [-0.2, -0.15) is 0 Å². The highest BCUT2D eigenvalue weighted by atomic mass is 32.2. The van der Waals surface area contributed by atoms with E-state index in [1.54, 1.807) is 0 Å². The third-order valence-electron chi connectivity index (χ3n) is 4.63. The minimum absolute atomic E-state index is 0.0754. The standard InChI is InChI=1S/C19H22N4S/c1-13-12-23-18(14-7-9-15(10-8-14)22(2)3)17(21-19(23)24-13)16-6-4-5-11-20-16/h4-11,13,17-18H,12H2,1-3H3/t13-,17+,18-/m1/s1. The van der Waals surface area contributed by atoms with E-state index in [0.717, 1.165) is 12.2 Å². The fraction of sp³-hybridized carbons (Fsp3) is 0.368. The monoisotopic (exact) mass is 338 g/mol. The second-order valence-electron chi connectivity index (χ2n) is 6.62. The Morgan fingerprint density at radius 3 is 2.58 bits per heavy atom. The van der Waals surface area contributed by atoms with Crippen molar-refractivity contribution in [3.8, 4) is 0 Å². The lowest BCUT2D eigenvalue weighted by Crippen LogP contribution is -2.28. The summed E-state index contributed by atoms with van der Waals surface area (Å²) in [6, 6.07) is 15.3. The fourth-order valence-corrected chi connectivity index (χ4v) is 4.54. The summed E-state index contributed by atoms with van der Waals surface area (Å²) in [6.07, 6.45) is 1.86. The van der Waals surface area contributed by atoms with Gasteiger partial charge in [0, 0.05) is 37.8 Å². The third kappa shape index (κ3) is 2.67. The van der Waals surface area contributed by atoms with Gasteiger partial charge in [-0.15, -0.1) is 0 Å². The van der Waals surface area contributed by atoms with Gasteiger partial charge in [-0.05, 0) is 29.8 Å². The summed E-state index contributed by atoms with van der Waals surface area (Å²) in [5.74, 6) is 0. The molecule has 4 nitrogen and oxygen atoms in total. The SMILES string of the molecule is C[C@@H]1CN2C(=N[C@@H](c3ccccn3)[C@H]2c2ccc(N(C)C)cc2)S1. The van der Waals surface area contributed by atoms with Crippen molar-refractivity contribution < 1.29 is 0 Å². The summed E-state index contributed by atoms with van der Waals surface area (Å²) in [6.45, 7) is 3.32. The van der Waals surface area contributed by atoms with Gasteiger partial charge in [-0.3, -0.25) is 9.98 Å². The van der Waals surface area contributed by atoms with Gasteiger partial charge in [-0.1, -0.05) is 36.9 Å². The molecule has 0 radical (unpaired) electrons. The number of anilines is 1. The lowest BCUT2D eigenvalue weighted by molar-refractivity contribution is 0.321. The Kier molecular flexibility index (Phi) is 3.96. The Morgan fingerprint density at radius 2 is 1.92 bits per heavy atom. The first-order valence-corrected chi connectivity index (χ1v) is 9.21. The summed E-state index contributed by atoms with van der Waals surface area (Å²) < 4.78 is 0. The number of aromatic nitrogens is 1. The number of pyridine rings is 1. The van der Waals surface area contributed by atoms with Gasteiger partial charge in [-0.25, -0.2) is 0 Å². The Morgan fingerprint density at radius 1 is 1.12 bits per heavy atom. The van der Waals surface area contributed by atoms with Crippen LogP contribution < -0.4 is 4.90 Å². The number of rotatable bonds is 3. The maximum absolute atomic E-state index is 5.02. The highest BCUT2D eigenvalue weighted by molar-refractivity contribution is 8.14. The van der Waals surface area contributed by atoms with Crippen molar-refractivity contribution in [3.63, 3.8) is 0 Å². The van der Waals surface area contributed by atoms with Crippen LogP contribution in [0.4, 0.5) is 5.69 Å². The molecule has 0 amide bonds. The second kappa shape index (κ2) is 6.13. The van der Waals surface area contributed by atoms with E-state index < -0.39 is 0 Å². The molecule has 2 aromatic rings. The topological polar surface area (TPSA) is 31.7 Å². The maximum Gasteiger partial charge on any atom is 0.160 e. The van der Waals surface area contributed by atoms with E-state index in [2.05, 4.69) is 66.1 Å². The van der Waals surface area contributed by atoms with Crippen molar-refractivity contribution in [2.75, 3.05) is 25.5 Å². The van der Waals surface area contributed by atoms with Crippen LogP contribution in [0.3, 0.4) is 0 Å². The molecule has 124 valence electrons. The minimum Gasteiger partial charge on any atom is -0.378 e. The van der Waals surface area contributed by atoms with Crippen LogP contribution in [-0.2, 0) is 0 Å². The summed E-state index contributed by atoms with van der Waals surface area (Å²) >= 11 is 1.88. The number of benzene rings is 1. The molecule has 1 saturated heterocycles. The average molecular weight is 338 g/mol. The first-order chi connectivity index (χ1) is 11.6. The molecule has 1 aromatic carbocycles. The molecule has 2 aliphatic rings. The Hall–Kier alpha value is -2.01. The van der Waals surface area contributed by atoms with Gasteiger partial charge < -0.3 is 9.80 Å². The first kappa shape index (κ1) is 15.5. The average Bonchev–Trinajstić information content (AvgIpc) is 3.11. The van der Waals surface area contributed by atoms with E-state index in [1.165, 1.54) is 16.4 Å². The van der Waals surface area contributed by atoms with E-state index in [-0.39, 0.29) is 12.1 Å². The van der Waals surface area contributed by atoms with Crippen molar-refractivity contribution in [2.45, 2.75) is 24.3 Å². The van der Waals surface area contributed by atoms with Crippen LogP contribution in [0, 0.1) is 0 Å². The smallest absolute Gasteiger partial charge is 0.160 e. The minimum atomic E-state index is 0.0754. The second-order valence-corrected chi connectivity index (χ2v) is 8.03. The molecule has 1 fully saturated rings. The van der Waals surface area contributed by atoms with Crippen molar-refractivity contribution in [3.05, 3.63) is 59.9 Å². The fourth-order valence-electron chi connectivity index (χ4n) is 3.45. The van der Waals surface area contributed by atoms with Crippen LogP contribution in [0.2, 0.25) is 0 Å². The Bertz CT molecular complexity index is 742. The number of aliphatic imine (C=N–C) groups is 1. The molecular formula is C19H22N4S. The van der Waals surface area contributed by atoms with Crippen LogP contribution in [0.15, 0.2) is 53.7 Å². The molecule has 0 spiro atoms. The maximum atomic E-state index is 5.02. The lowest BCUT2D eigenvalue weighted by atomic mass is 9.96. The molecule has 4 rings (SSSR count). The van der Waals surface area contributed by atoms with Crippen molar-refractivity contribution >= 4 is 22.6 Å².